The molecule has 0 N–H and O–H groups in total. The number of aromatic nitrogens is 2. The average Bonchev–Trinajstić information content (AvgIpc) is 1.86. The van der Waals surface area contributed by atoms with Crippen molar-refractivity contribution in [2.75, 3.05) is 0 Å². The summed E-state index contributed by atoms with van der Waals surface area (Å²) in [6.07, 6.45) is 2.96. The first-order valence-corrected chi connectivity index (χ1v) is 4.48. The molecular formula is C5H2BrCl3N2. The Morgan fingerprint density at radius 2 is 1.73 bits per heavy atom. The first-order valence-electron chi connectivity index (χ1n) is 2.55. The Hall–Kier alpha value is 0.430. The van der Waals surface area contributed by atoms with Gasteiger partial charge in [-0.25, -0.2) is 4.98 Å². The summed E-state index contributed by atoms with van der Waals surface area (Å²) in [4.78, 5) is 7.69. The first kappa shape index (κ1) is 9.52. The molecule has 0 aliphatic heterocycles. The lowest BCUT2D eigenvalue weighted by Gasteiger charge is -2.09. The maximum absolute atomic E-state index is 5.56. The summed E-state index contributed by atoms with van der Waals surface area (Å²) < 4.78 is -1.08. The fraction of sp³-hybridized carbons (Fsp3) is 0.200. The number of rotatable bonds is 0. The van der Waals surface area contributed by atoms with Gasteiger partial charge in [-0.05, 0) is 15.9 Å². The Morgan fingerprint density at radius 1 is 1.18 bits per heavy atom. The summed E-state index contributed by atoms with van der Waals surface area (Å²) in [7, 11) is 0. The highest BCUT2D eigenvalue weighted by Gasteiger charge is 2.27. The molecule has 0 bridgehead atoms. The van der Waals surface area contributed by atoms with E-state index in [0.717, 1.165) is 0 Å². The molecule has 0 amide bonds. The maximum atomic E-state index is 5.56. The van der Waals surface area contributed by atoms with Crippen LogP contribution in [0.25, 0.3) is 0 Å². The Morgan fingerprint density at radius 3 is 2.09 bits per heavy atom. The fourth-order valence-electron chi connectivity index (χ4n) is 0.511. The van der Waals surface area contributed by atoms with Crippen LogP contribution in [0.1, 0.15) is 5.69 Å². The predicted octanol–water partition coefficient (Wildman–Crippen LogP) is 3.07. The molecule has 1 aromatic heterocycles. The molecule has 60 valence electrons. The lowest BCUT2D eigenvalue weighted by atomic mass is 10.5. The van der Waals surface area contributed by atoms with E-state index in [2.05, 4.69) is 25.9 Å². The van der Waals surface area contributed by atoms with Crippen molar-refractivity contribution in [2.24, 2.45) is 0 Å². The van der Waals surface area contributed by atoms with E-state index in [1.54, 1.807) is 0 Å². The summed E-state index contributed by atoms with van der Waals surface area (Å²) in [6.45, 7) is 0. The molecule has 0 aromatic carbocycles. The molecule has 2 nitrogen and oxygen atoms in total. The third-order valence-electron chi connectivity index (χ3n) is 0.922. The standard InChI is InChI=1S/C5H2BrCl3N2/c6-4-3(5(7,8)9)10-1-2-11-4/h1-2H. The zero-order valence-electron chi connectivity index (χ0n) is 5.06. The monoisotopic (exact) mass is 274 g/mol. The molecular weight excluding hydrogens is 274 g/mol. The van der Waals surface area contributed by atoms with Gasteiger partial charge < -0.3 is 0 Å². The van der Waals surface area contributed by atoms with E-state index in [9.17, 15) is 0 Å². The van der Waals surface area contributed by atoms with Gasteiger partial charge in [-0.15, -0.1) is 0 Å². The summed E-state index contributed by atoms with van der Waals surface area (Å²) in [5, 5.41) is 0. The quantitative estimate of drug-likeness (QED) is 0.681. The second kappa shape index (κ2) is 3.44. The molecule has 0 atom stereocenters. The molecule has 0 spiro atoms. The molecule has 0 fully saturated rings. The van der Waals surface area contributed by atoms with Crippen LogP contribution in [-0.4, -0.2) is 9.97 Å². The van der Waals surface area contributed by atoms with Crippen molar-refractivity contribution in [2.45, 2.75) is 3.79 Å². The van der Waals surface area contributed by atoms with Crippen molar-refractivity contribution < 1.29 is 0 Å². The number of halogens is 4. The molecule has 1 aromatic rings. The number of hydrogen-bond donors (Lipinski definition) is 0. The highest BCUT2D eigenvalue weighted by Crippen LogP contribution is 2.39. The topological polar surface area (TPSA) is 25.8 Å². The van der Waals surface area contributed by atoms with Crippen molar-refractivity contribution in [3.63, 3.8) is 0 Å². The smallest absolute Gasteiger partial charge is 0.235 e. The van der Waals surface area contributed by atoms with Crippen LogP contribution in [0, 0.1) is 0 Å². The second-order valence-corrected chi connectivity index (χ2v) is 4.73. The number of nitrogens with zero attached hydrogens (tertiary/aromatic N) is 2. The highest BCUT2D eigenvalue weighted by molar-refractivity contribution is 9.10. The van der Waals surface area contributed by atoms with E-state index in [-0.39, 0.29) is 0 Å². The van der Waals surface area contributed by atoms with Crippen LogP contribution in [-0.2, 0) is 3.79 Å². The normalized spacial score (nSPS) is 11.6. The SMILES string of the molecule is ClC(Cl)(Cl)c1nccnc1Br. The molecule has 0 aliphatic rings. The summed E-state index contributed by atoms with van der Waals surface area (Å²) in [6, 6.07) is 0. The highest BCUT2D eigenvalue weighted by atomic mass is 79.9. The third-order valence-corrected chi connectivity index (χ3v) is 2.04. The van der Waals surface area contributed by atoms with Gasteiger partial charge in [0.15, 0.2) is 0 Å². The van der Waals surface area contributed by atoms with Gasteiger partial charge in [-0.1, -0.05) is 34.8 Å². The van der Waals surface area contributed by atoms with E-state index in [1.165, 1.54) is 12.4 Å². The minimum absolute atomic E-state index is 0.296. The van der Waals surface area contributed by atoms with Crippen molar-refractivity contribution in [3.05, 3.63) is 22.7 Å². The molecule has 6 heteroatoms. The minimum Gasteiger partial charge on any atom is -0.252 e. The number of alkyl halides is 3. The van der Waals surface area contributed by atoms with Gasteiger partial charge >= 0.3 is 0 Å². The van der Waals surface area contributed by atoms with E-state index in [4.69, 9.17) is 34.8 Å². The molecule has 1 heterocycles. The maximum Gasteiger partial charge on any atom is 0.235 e. The van der Waals surface area contributed by atoms with Crippen LogP contribution in [0.15, 0.2) is 17.0 Å². The van der Waals surface area contributed by atoms with Crippen LogP contribution in [0.4, 0.5) is 0 Å². The van der Waals surface area contributed by atoms with E-state index in [0.29, 0.717) is 10.3 Å². The van der Waals surface area contributed by atoms with Gasteiger partial charge in [-0.2, -0.15) is 0 Å². The number of hydrogen-bond acceptors (Lipinski definition) is 2. The largest absolute Gasteiger partial charge is 0.252 e. The summed E-state index contributed by atoms with van der Waals surface area (Å²) >= 11 is 19.8. The van der Waals surface area contributed by atoms with Gasteiger partial charge in [0, 0.05) is 12.4 Å². The minimum atomic E-state index is -1.52. The van der Waals surface area contributed by atoms with Crippen molar-refractivity contribution in [3.8, 4) is 0 Å². The molecule has 11 heavy (non-hydrogen) atoms. The van der Waals surface area contributed by atoms with Gasteiger partial charge in [0.05, 0.1) is 0 Å². The van der Waals surface area contributed by atoms with Gasteiger partial charge in [-0.3, -0.25) is 4.98 Å². The Labute approximate surface area is 87.0 Å². The molecule has 1 rings (SSSR count). The van der Waals surface area contributed by atoms with E-state index < -0.39 is 3.79 Å². The Balaban J connectivity index is 3.14. The average molecular weight is 276 g/mol. The second-order valence-electron chi connectivity index (χ2n) is 1.69. The zero-order chi connectivity index (χ0) is 8.48. The lowest BCUT2D eigenvalue weighted by Crippen LogP contribution is -2.05. The predicted molar refractivity (Wildman–Crippen MR) is 49.0 cm³/mol. The van der Waals surface area contributed by atoms with Crippen LogP contribution < -0.4 is 0 Å². The van der Waals surface area contributed by atoms with Gasteiger partial charge in [0.2, 0.25) is 3.79 Å². The van der Waals surface area contributed by atoms with Gasteiger partial charge in [0.25, 0.3) is 0 Å². The lowest BCUT2D eigenvalue weighted by molar-refractivity contribution is 1.01. The molecule has 0 aliphatic carbocycles. The molecule has 0 saturated carbocycles. The van der Waals surface area contributed by atoms with Crippen LogP contribution in [0.5, 0.6) is 0 Å². The first-order chi connectivity index (χ1) is 5.02. The summed E-state index contributed by atoms with van der Waals surface area (Å²) in [5.41, 5.74) is 0.296. The molecule has 0 unspecified atom stereocenters. The Bertz CT molecular complexity index is 260. The third kappa shape index (κ3) is 2.44. The van der Waals surface area contributed by atoms with Crippen LogP contribution in [0.2, 0.25) is 0 Å². The van der Waals surface area contributed by atoms with Crippen molar-refractivity contribution in [1.29, 1.82) is 0 Å². The van der Waals surface area contributed by atoms with Crippen molar-refractivity contribution >= 4 is 50.7 Å². The fourth-order valence-corrected chi connectivity index (χ4v) is 1.79. The van der Waals surface area contributed by atoms with E-state index >= 15 is 0 Å². The van der Waals surface area contributed by atoms with Crippen LogP contribution in [0.3, 0.4) is 0 Å². The molecule has 0 radical (unpaired) electrons. The zero-order valence-corrected chi connectivity index (χ0v) is 8.91. The van der Waals surface area contributed by atoms with E-state index in [1.807, 2.05) is 0 Å². The van der Waals surface area contributed by atoms with Gasteiger partial charge in [0.1, 0.15) is 10.3 Å². The Kier molecular flexibility index (Phi) is 2.97. The summed E-state index contributed by atoms with van der Waals surface area (Å²) in [5.74, 6) is 0. The molecule has 0 saturated heterocycles. The van der Waals surface area contributed by atoms with Crippen LogP contribution >= 0.6 is 50.7 Å². The van der Waals surface area contributed by atoms with Crippen molar-refractivity contribution in [1.82, 2.24) is 9.97 Å².